The summed E-state index contributed by atoms with van der Waals surface area (Å²) in [5, 5.41) is 6.73. The Morgan fingerprint density at radius 2 is 1.23 bits per heavy atom. The summed E-state index contributed by atoms with van der Waals surface area (Å²) in [7, 11) is 0. The van der Waals surface area contributed by atoms with E-state index in [9.17, 15) is 9.59 Å². The number of halogens is 2. The molecular formula is C24H22Cl2N2O2. The van der Waals surface area contributed by atoms with Crippen LogP contribution in [0.15, 0.2) is 66.7 Å². The lowest BCUT2D eigenvalue weighted by Crippen LogP contribution is -2.35. The first-order valence-corrected chi connectivity index (χ1v) is 10.3. The number of nitrogens with one attached hydrogen (secondary N) is 2. The number of aryl methyl sites for hydroxylation is 2. The molecule has 0 saturated heterocycles. The summed E-state index contributed by atoms with van der Waals surface area (Å²) in [6.45, 7) is 3.74. The minimum absolute atomic E-state index is 0.262. The molecule has 6 heteroatoms. The lowest BCUT2D eigenvalue weighted by Gasteiger charge is -2.19. The molecule has 0 radical (unpaired) electrons. The Morgan fingerprint density at radius 1 is 0.767 bits per heavy atom. The monoisotopic (exact) mass is 440 g/mol. The van der Waals surface area contributed by atoms with Gasteiger partial charge in [-0.15, -0.1) is 0 Å². The number of anilines is 2. The minimum atomic E-state index is -0.941. The standard InChI is InChI=1S/C24H22Cl2N2O2/c1-15-8-10-18(25)13-21(15)27-23(29)20(12-17-6-4-3-5-7-17)24(30)28-22-14-19(26)11-9-16(22)2/h3-11,13-14,20H,12H2,1-2H3,(H,27,29)(H,28,30). The Balaban J connectivity index is 1.87. The molecular weight excluding hydrogens is 419 g/mol. The smallest absolute Gasteiger partial charge is 0.237 e. The zero-order valence-electron chi connectivity index (χ0n) is 16.7. The van der Waals surface area contributed by atoms with E-state index in [0.29, 0.717) is 21.4 Å². The molecule has 0 unspecified atom stereocenters. The van der Waals surface area contributed by atoms with E-state index in [1.54, 1.807) is 24.3 Å². The fraction of sp³-hybridized carbons (Fsp3) is 0.167. The van der Waals surface area contributed by atoms with Gasteiger partial charge in [-0.25, -0.2) is 0 Å². The van der Waals surface area contributed by atoms with Crippen LogP contribution in [0.4, 0.5) is 11.4 Å². The average molecular weight is 441 g/mol. The first kappa shape index (κ1) is 21.9. The normalized spacial score (nSPS) is 10.7. The maximum absolute atomic E-state index is 13.1. The molecule has 3 rings (SSSR count). The number of rotatable bonds is 6. The van der Waals surface area contributed by atoms with Crippen molar-refractivity contribution in [3.05, 3.63) is 93.5 Å². The highest BCUT2D eigenvalue weighted by atomic mass is 35.5. The van der Waals surface area contributed by atoms with Crippen molar-refractivity contribution in [3.63, 3.8) is 0 Å². The SMILES string of the molecule is Cc1ccc(Cl)cc1NC(=O)C(Cc1ccccc1)C(=O)Nc1cc(Cl)ccc1C. The second-order valence-electron chi connectivity index (χ2n) is 7.14. The molecule has 30 heavy (non-hydrogen) atoms. The van der Waals surface area contributed by atoms with Crippen LogP contribution in [-0.4, -0.2) is 11.8 Å². The molecule has 0 aliphatic heterocycles. The van der Waals surface area contributed by atoms with Crippen LogP contribution in [0.1, 0.15) is 16.7 Å². The van der Waals surface area contributed by atoms with Gasteiger partial charge < -0.3 is 10.6 Å². The Labute approximate surface area is 186 Å². The van der Waals surface area contributed by atoms with Gasteiger partial charge in [-0.3, -0.25) is 9.59 Å². The van der Waals surface area contributed by atoms with E-state index in [-0.39, 0.29) is 6.42 Å². The molecule has 0 aliphatic rings. The molecule has 0 spiro atoms. The molecule has 2 N–H and O–H groups in total. The first-order chi connectivity index (χ1) is 14.3. The van der Waals surface area contributed by atoms with Crippen molar-refractivity contribution in [1.82, 2.24) is 0 Å². The van der Waals surface area contributed by atoms with Gasteiger partial charge >= 0.3 is 0 Å². The fourth-order valence-electron chi connectivity index (χ4n) is 3.05. The van der Waals surface area contributed by atoms with Crippen LogP contribution in [-0.2, 0) is 16.0 Å². The van der Waals surface area contributed by atoms with Crippen LogP contribution in [0, 0.1) is 19.8 Å². The molecule has 0 bridgehead atoms. The molecule has 3 aromatic rings. The third kappa shape index (κ3) is 5.62. The van der Waals surface area contributed by atoms with E-state index < -0.39 is 17.7 Å². The molecule has 0 atom stereocenters. The van der Waals surface area contributed by atoms with Gasteiger partial charge in [-0.05, 0) is 61.2 Å². The van der Waals surface area contributed by atoms with Crippen molar-refractivity contribution in [2.24, 2.45) is 5.92 Å². The molecule has 0 aromatic heterocycles. The van der Waals surface area contributed by atoms with Crippen LogP contribution >= 0.6 is 23.2 Å². The van der Waals surface area contributed by atoms with Crippen molar-refractivity contribution in [3.8, 4) is 0 Å². The molecule has 154 valence electrons. The quantitative estimate of drug-likeness (QED) is 0.458. The number of hydrogen-bond donors (Lipinski definition) is 2. The van der Waals surface area contributed by atoms with Crippen LogP contribution < -0.4 is 10.6 Å². The number of carbonyl (C=O) groups excluding carboxylic acids is 2. The van der Waals surface area contributed by atoms with Gasteiger partial charge in [0, 0.05) is 21.4 Å². The molecule has 0 aliphatic carbocycles. The van der Waals surface area contributed by atoms with Gasteiger partial charge in [-0.1, -0.05) is 65.7 Å². The Kier molecular flexibility index (Phi) is 7.14. The van der Waals surface area contributed by atoms with Crippen molar-refractivity contribution in [1.29, 1.82) is 0 Å². The molecule has 3 aromatic carbocycles. The number of carbonyl (C=O) groups is 2. The maximum atomic E-state index is 13.1. The zero-order chi connectivity index (χ0) is 21.7. The molecule has 4 nitrogen and oxygen atoms in total. The summed E-state index contributed by atoms with van der Waals surface area (Å²) in [6, 6.07) is 19.9. The zero-order valence-corrected chi connectivity index (χ0v) is 18.2. The Hall–Kier alpha value is -2.82. The molecule has 2 amide bonds. The highest BCUT2D eigenvalue weighted by Gasteiger charge is 2.28. The van der Waals surface area contributed by atoms with Crippen LogP contribution in [0.2, 0.25) is 10.0 Å². The van der Waals surface area contributed by atoms with Crippen molar-refractivity contribution in [2.45, 2.75) is 20.3 Å². The second kappa shape index (κ2) is 9.79. The van der Waals surface area contributed by atoms with Gasteiger partial charge in [0.1, 0.15) is 5.92 Å². The third-order valence-electron chi connectivity index (χ3n) is 4.83. The van der Waals surface area contributed by atoms with Crippen molar-refractivity contribution in [2.75, 3.05) is 10.6 Å². The van der Waals surface area contributed by atoms with Gasteiger partial charge in [0.2, 0.25) is 11.8 Å². The lowest BCUT2D eigenvalue weighted by atomic mass is 9.97. The second-order valence-corrected chi connectivity index (χ2v) is 8.01. The highest BCUT2D eigenvalue weighted by Crippen LogP contribution is 2.24. The van der Waals surface area contributed by atoms with E-state index in [1.807, 2.05) is 56.3 Å². The predicted octanol–water partition coefficient (Wildman–Crippen LogP) is 6.05. The van der Waals surface area contributed by atoms with Crippen LogP contribution in [0.3, 0.4) is 0 Å². The van der Waals surface area contributed by atoms with Crippen LogP contribution in [0.25, 0.3) is 0 Å². The van der Waals surface area contributed by atoms with E-state index in [0.717, 1.165) is 16.7 Å². The predicted molar refractivity (Wildman–Crippen MR) is 123 cm³/mol. The Morgan fingerprint density at radius 3 is 1.70 bits per heavy atom. The first-order valence-electron chi connectivity index (χ1n) is 9.51. The Bertz CT molecular complexity index is 1000. The summed E-state index contributed by atoms with van der Waals surface area (Å²) in [4.78, 5) is 26.2. The van der Waals surface area contributed by atoms with E-state index in [2.05, 4.69) is 10.6 Å². The average Bonchev–Trinajstić information content (AvgIpc) is 2.72. The largest absolute Gasteiger partial charge is 0.325 e. The van der Waals surface area contributed by atoms with E-state index >= 15 is 0 Å². The summed E-state index contributed by atoms with van der Waals surface area (Å²) >= 11 is 12.1. The fourth-order valence-corrected chi connectivity index (χ4v) is 3.40. The summed E-state index contributed by atoms with van der Waals surface area (Å²) in [5.41, 5.74) is 3.77. The lowest BCUT2D eigenvalue weighted by molar-refractivity contribution is -0.129. The third-order valence-corrected chi connectivity index (χ3v) is 5.30. The topological polar surface area (TPSA) is 58.2 Å². The summed E-state index contributed by atoms with van der Waals surface area (Å²) < 4.78 is 0. The van der Waals surface area contributed by atoms with E-state index in [1.165, 1.54) is 0 Å². The van der Waals surface area contributed by atoms with Gasteiger partial charge in [-0.2, -0.15) is 0 Å². The van der Waals surface area contributed by atoms with Crippen LogP contribution in [0.5, 0.6) is 0 Å². The minimum Gasteiger partial charge on any atom is -0.325 e. The molecule has 0 saturated carbocycles. The van der Waals surface area contributed by atoms with Gasteiger partial charge in [0.15, 0.2) is 0 Å². The van der Waals surface area contributed by atoms with Crippen molar-refractivity contribution < 1.29 is 9.59 Å². The molecule has 0 heterocycles. The molecule has 0 fully saturated rings. The number of benzene rings is 3. The maximum Gasteiger partial charge on any atom is 0.237 e. The van der Waals surface area contributed by atoms with Gasteiger partial charge in [0.05, 0.1) is 0 Å². The number of hydrogen-bond acceptors (Lipinski definition) is 2. The van der Waals surface area contributed by atoms with Crippen molar-refractivity contribution >= 4 is 46.4 Å². The summed E-state index contributed by atoms with van der Waals surface area (Å²) in [6.07, 6.45) is 0.262. The number of amides is 2. The summed E-state index contributed by atoms with van der Waals surface area (Å²) in [5.74, 6) is -1.74. The highest BCUT2D eigenvalue weighted by molar-refractivity contribution is 6.31. The van der Waals surface area contributed by atoms with Gasteiger partial charge in [0.25, 0.3) is 0 Å². The van der Waals surface area contributed by atoms with E-state index in [4.69, 9.17) is 23.2 Å².